The molecular formula is C30H23ClN4O5S. The van der Waals surface area contributed by atoms with Gasteiger partial charge in [-0.05, 0) is 78.4 Å². The summed E-state index contributed by atoms with van der Waals surface area (Å²) >= 11 is 7.16. The van der Waals surface area contributed by atoms with E-state index < -0.39 is 16.7 Å². The minimum absolute atomic E-state index is 0.0619. The summed E-state index contributed by atoms with van der Waals surface area (Å²) in [5.74, 6) is -1.16. The summed E-state index contributed by atoms with van der Waals surface area (Å²) in [4.78, 5) is 49.7. The van der Waals surface area contributed by atoms with Crippen molar-refractivity contribution in [2.75, 3.05) is 16.4 Å². The largest absolute Gasteiger partial charge is 0.325 e. The van der Waals surface area contributed by atoms with Crippen molar-refractivity contribution < 1.29 is 19.3 Å². The summed E-state index contributed by atoms with van der Waals surface area (Å²) < 4.78 is 0. The molecule has 4 rings (SSSR count). The Morgan fingerprint density at radius 2 is 1.54 bits per heavy atom. The van der Waals surface area contributed by atoms with Crippen LogP contribution in [0.4, 0.5) is 17.1 Å². The number of non-ortho nitro benzene ring substituents is 1. The van der Waals surface area contributed by atoms with E-state index in [1.54, 1.807) is 78.9 Å². The van der Waals surface area contributed by atoms with E-state index in [1.165, 1.54) is 42.1 Å². The lowest BCUT2D eigenvalue weighted by molar-refractivity contribution is -0.384. The maximum atomic E-state index is 13.3. The number of nitrogens with zero attached hydrogens (tertiary/aromatic N) is 1. The van der Waals surface area contributed by atoms with Crippen LogP contribution < -0.4 is 16.0 Å². The van der Waals surface area contributed by atoms with E-state index in [0.717, 1.165) is 4.90 Å². The molecule has 0 radical (unpaired) electrons. The second-order valence-corrected chi connectivity index (χ2v) is 10.0. The van der Waals surface area contributed by atoms with Gasteiger partial charge in [0.05, 0.1) is 10.7 Å². The normalized spacial score (nSPS) is 10.9. The van der Waals surface area contributed by atoms with Crippen LogP contribution in [-0.2, 0) is 9.59 Å². The predicted octanol–water partition coefficient (Wildman–Crippen LogP) is 6.39. The van der Waals surface area contributed by atoms with Crippen molar-refractivity contribution in [3.63, 3.8) is 0 Å². The first-order valence-corrected chi connectivity index (χ1v) is 13.6. The van der Waals surface area contributed by atoms with E-state index in [0.29, 0.717) is 27.5 Å². The number of hydrogen-bond donors (Lipinski definition) is 3. The first kappa shape index (κ1) is 29.1. The standard InChI is InChI=1S/C30H23ClN4O5S/c31-22-11-13-23(14-12-22)32-28(36)19-41-26-8-4-7-24(18-26)33-30(38)27(34-29(37)21-5-2-1-3-6-21)17-20-9-15-25(16-10-20)35(39)40/h1-18H,19H2,(H,32,36)(H,33,38)(H,34,37)/b27-17+. The van der Waals surface area contributed by atoms with Crippen molar-refractivity contribution in [2.45, 2.75) is 4.90 Å². The van der Waals surface area contributed by atoms with Gasteiger partial charge >= 0.3 is 0 Å². The maximum absolute atomic E-state index is 13.3. The van der Waals surface area contributed by atoms with Crippen LogP contribution in [0.3, 0.4) is 0 Å². The molecule has 0 fully saturated rings. The molecule has 3 N–H and O–H groups in total. The van der Waals surface area contributed by atoms with Crippen molar-refractivity contribution in [3.05, 3.63) is 135 Å². The van der Waals surface area contributed by atoms with Gasteiger partial charge in [0.25, 0.3) is 17.5 Å². The average molecular weight is 587 g/mol. The molecule has 0 heterocycles. The molecule has 9 nitrogen and oxygen atoms in total. The zero-order valence-corrected chi connectivity index (χ0v) is 22.9. The van der Waals surface area contributed by atoms with Gasteiger partial charge in [-0.1, -0.05) is 35.9 Å². The lowest BCUT2D eigenvalue weighted by atomic mass is 10.1. The first-order chi connectivity index (χ1) is 19.8. The highest BCUT2D eigenvalue weighted by molar-refractivity contribution is 8.00. The fourth-order valence-corrected chi connectivity index (χ4v) is 4.42. The Balaban J connectivity index is 1.46. The van der Waals surface area contributed by atoms with E-state index in [-0.39, 0.29) is 23.0 Å². The second-order valence-electron chi connectivity index (χ2n) is 8.55. The summed E-state index contributed by atoms with van der Waals surface area (Å²) in [6.07, 6.45) is 1.43. The number of hydrogen-bond acceptors (Lipinski definition) is 6. The number of anilines is 2. The molecule has 0 spiro atoms. The summed E-state index contributed by atoms with van der Waals surface area (Å²) in [6, 6.07) is 27.7. The summed E-state index contributed by atoms with van der Waals surface area (Å²) in [5, 5.41) is 19.8. The molecule has 0 atom stereocenters. The SMILES string of the molecule is O=C(CSc1cccc(NC(=O)/C(=C\c2ccc([N+](=O)[O-])cc2)NC(=O)c2ccccc2)c1)Nc1ccc(Cl)cc1. The number of nitro groups is 1. The summed E-state index contributed by atoms with van der Waals surface area (Å²) in [5.41, 5.74) is 1.74. The van der Waals surface area contributed by atoms with Gasteiger partial charge in [-0.3, -0.25) is 24.5 Å². The van der Waals surface area contributed by atoms with Crippen molar-refractivity contribution in [1.82, 2.24) is 5.32 Å². The molecule has 4 aromatic carbocycles. The van der Waals surface area contributed by atoms with Crippen molar-refractivity contribution in [2.24, 2.45) is 0 Å². The number of carbonyl (C=O) groups excluding carboxylic acids is 3. The molecular weight excluding hydrogens is 564 g/mol. The number of halogens is 1. The van der Waals surface area contributed by atoms with Crippen LogP contribution >= 0.6 is 23.4 Å². The second kappa shape index (κ2) is 13.9. The molecule has 0 aliphatic heterocycles. The van der Waals surface area contributed by atoms with Crippen LogP contribution in [0.15, 0.2) is 114 Å². The van der Waals surface area contributed by atoms with Gasteiger partial charge in [0.2, 0.25) is 5.91 Å². The van der Waals surface area contributed by atoms with E-state index in [1.807, 2.05) is 0 Å². The van der Waals surface area contributed by atoms with Gasteiger partial charge in [0.15, 0.2) is 0 Å². The highest BCUT2D eigenvalue weighted by Crippen LogP contribution is 2.23. The van der Waals surface area contributed by atoms with Crippen molar-refractivity contribution >= 4 is 64.2 Å². The van der Waals surface area contributed by atoms with E-state index in [9.17, 15) is 24.5 Å². The molecule has 0 aliphatic carbocycles. The zero-order valence-electron chi connectivity index (χ0n) is 21.4. The number of amides is 3. The highest BCUT2D eigenvalue weighted by Gasteiger charge is 2.16. The van der Waals surface area contributed by atoms with Gasteiger partial charge in [-0.2, -0.15) is 0 Å². The topological polar surface area (TPSA) is 130 Å². The van der Waals surface area contributed by atoms with Crippen LogP contribution in [0, 0.1) is 10.1 Å². The average Bonchev–Trinajstić information content (AvgIpc) is 2.98. The van der Waals surface area contributed by atoms with Crippen molar-refractivity contribution in [1.29, 1.82) is 0 Å². The van der Waals surface area contributed by atoms with Crippen LogP contribution in [0.5, 0.6) is 0 Å². The Morgan fingerprint density at radius 1 is 0.829 bits per heavy atom. The maximum Gasteiger partial charge on any atom is 0.272 e. The lowest BCUT2D eigenvalue weighted by Crippen LogP contribution is -2.30. The first-order valence-electron chi connectivity index (χ1n) is 12.2. The fraction of sp³-hybridized carbons (Fsp3) is 0.0333. The predicted molar refractivity (Wildman–Crippen MR) is 161 cm³/mol. The number of nitrogens with one attached hydrogen (secondary N) is 3. The molecule has 0 aliphatic rings. The third kappa shape index (κ3) is 8.79. The minimum atomic E-state index is -0.602. The highest BCUT2D eigenvalue weighted by atomic mass is 35.5. The molecule has 0 bridgehead atoms. The Kier molecular flexibility index (Phi) is 9.87. The van der Waals surface area contributed by atoms with Crippen LogP contribution in [0.25, 0.3) is 6.08 Å². The molecule has 0 saturated heterocycles. The van der Waals surface area contributed by atoms with Gasteiger partial charge in [0, 0.05) is 39.0 Å². The number of carbonyl (C=O) groups is 3. The Hall–Kier alpha value is -4.93. The van der Waals surface area contributed by atoms with Crippen LogP contribution in [-0.4, -0.2) is 28.4 Å². The number of benzene rings is 4. The van der Waals surface area contributed by atoms with Gasteiger partial charge in [-0.15, -0.1) is 11.8 Å². The third-order valence-electron chi connectivity index (χ3n) is 5.53. The number of thioether (sulfide) groups is 1. The molecule has 0 saturated carbocycles. The molecule has 0 unspecified atom stereocenters. The quantitative estimate of drug-likeness (QED) is 0.0854. The minimum Gasteiger partial charge on any atom is -0.325 e. The Morgan fingerprint density at radius 3 is 2.22 bits per heavy atom. The lowest BCUT2D eigenvalue weighted by Gasteiger charge is -2.12. The smallest absolute Gasteiger partial charge is 0.272 e. The molecule has 3 amide bonds. The van der Waals surface area contributed by atoms with Crippen LogP contribution in [0.2, 0.25) is 5.02 Å². The fourth-order valence-electron chi connectivity index (χ4n) is 3.54. The molecule has 41 heavy (non-hydrogen) atoms. The van der Waals surface area contributed by atoms with E-state index in [4.69, 9.17) is 11.6 Å². The van der Waals surface area contributed by atoms with Crippen molar-refractivity contribution in [3.8, 4) is 0 Å². The molecule has 0 aromatic heterocycles. The Labute approximate surface area is 244 Å². The molecule has 206 valence electrons. The summed E-state index contributed by atoms with van der Waals surface area (Å²) in [7, 11) is 0. The monoisotopic (exact) mass is 586 g/mol. The van der Waals surface area contributed by atoms with E-state index in [2.05, 4.69) is 16.0 Å². The summed E-state index contributed by atoms with van der Waals surface area (Å²) in [6.45, 7) is 0. The molecule has 11 heteroatoms. The van der Waals surface area contributed by atoms with Crippen LogP contribution in [0.1, 0.15) is 15.9 Å². The number of nitro benzene ring substituents is 1. The Bertz CT molecular complexity index is 1590. The zero-order chi connectivity index (χ0) is 29.2. The molecule has 4 aromatic rings. The third-order valence-corrected chi connectivity index (χ3v) is 6.78. The van der Waals surface area contributed by atoms with Gasteiger partial charge in [0.1, 0.15) is 5.70 Å². The van der Waals surface area contributed by atoms with Gasteiger partial charge in [-0.25, -0.2) is 0 Å². The number of rotatable bonds is 10. The van der Waals surface area contributed by atoms with Gasteiger partial charge < -0.3 is 16.0 Å². The van der Waals surface area contributed by atoms with E-state index >= 15 is 0 Å².